The third kappa shape index (κ3) is 1.45. The molecule has 0 unspecified atom stereocenters. The van der Waals surface area contributed by atoms with E-state index in [4.69, 9.17) is 0 Å². The van der Waals surface area contributed by atoms with E-state index < -0.39 is 0 Å². The predicted molar refractivity (Wildman–Crippen MR) is 38.2 cm³/mol. The monoisotopic (exact) mass is 128 g/mol. The molecule has 1 aliphatic carbocycles. The lowest BCUT2D eigenvalue weighted by molar-refractivity contribution is 0.0311. The lowest BCUT2D eigenvalue weighted by atomic mass is 9.72. The van der Waals surface area contributed by atoms with Gasteiger partial charge in [0.1, 0.15) is 0 Å². The molecule has 1 saturated carbocycles. The summed E-state index contributed by atoms with van der Waals surface area (Å²) < 4.78 is 0. The van der Waals surface area contributed by atoms with Gasteiger partial charge < -0.3 is 5.11 Å². The van der Waals surface area contributed by atoms with Crippen LogP contribution in [0.4, 0.5) is 0 Å². The van der Waals surface area contributed by atoms with Gasteiger partial charge in [0, 0.05) is 0 Å². The summed E-state index contributed by atoms with van der Waals surface area (Å²) in [7, 11) is 0. The first-order chi connectivity index (χ1) is 4.24. The standard InChI is InChI=1S/C8H16O/c1-3-8(9)7-4-6(2)5-7/h6-9H,3-5H2,1-2H3/t6?,7?,8-/m1/s1. The quantitative estimate of drug-likeness (QED) is 0.601. The van der Waals surface area contributed by atoms with E-state index in [2.05, 4.69) is 6.92 Å². The maximum atomic E-state index is 9.30. The van der Waals surface area contributed by atoms with E-state index in [9.17, 15) is 5.11 Å². The molecule has 0 aromatic rings. The average Bonchev–Trinajstić information content (AvgIpc) is 1.79. The van der Waals surface area contributed by atoms with Gasteiger partial charge in [-0.2, -0.15) is 0 Å². The Morgan fingerprint density at radius 1 is 1.56 bits per heavy atom. The van der Waals surface area contributed by atoms with Gasteiger partial charge in [-0.15, -0.1) is 0 Å². The molecule has 0 spiro atoms. The van der Waals surface area contributed by atoms with Crippen LogP contribution in [0.1, 0.15) is 33.1 Å². The minimum atomic E-state index is -0.0128. The lowest BCUT2D eigenvalue weighted by Crippen LogP contribution is -2.31. The van der Waals surface area contributed by atoms with E-state index in [1.165, 1.54) is 12.8 Å². The molecule has 1 nitrogen and oxygen atoms in total. The zero-order chi connectivity index (χ0) is 6.85. The predicted octanol–water partition coefficient (Wildman–Crippen LogP) is 1.80. The fourth-order valence-electron chi connectivity index (χ4n) is 1.61. The maximum Gasteiger partial charge on any atom is 0.0566 e. The van der Waals surface area contributed by atoms with Crippen LogP contribution in [-0.4, -0.2) is 11.2 Å². The Kier molecular flexibility index (Phi) is 2.12. The van der Waals surface area contributed by atoms with Crippen molar-refractivity contribution in [2.45, 2.75) is 39.2 Å². The summed E-state index contributed by atoms with van der Waals surface area (Å²) in [5.74, 6) is 1.50. The van der Waals surface area contributed by atoms with Crippen LogP contribution in [0.2, 0.25) is 0 Å². The van der Waals surface area contributed by atoms with Crippen molar-refractivity contribution in [3.63, 3.8) is 0 Å². The van der Waals surface area contributed by atoms with Crippen molar-refractivity contribution in [3.05, 3.63) is 0 Å². The molecule has 9 heavy (non-hydrogen) atoms. The fourth-order valence-corrected chi connectivity index (χ4v) is 1.61. The largest absolute Gasteiger partial charge is 0.393 e. The highest BCUT2D eigenvalue weighted by Gasteiger charge is 2.29. The van der Waals surface area contributed by atoms with Crippen molar-refractivity contribution in [1.82, 2.24) is 0 Å². The van der Waals surface area contributed by atoms with Gasteiger partial charge in [0.25, 0.3) is 0 Å². The van der Waals surface area contributed by atoms with Crippen molar-refractivity contribution in [1.29, 1.82) is 0 Å². The summed E-state index contributed by atoms with van der Waals surface area (Å²) >= 11 is 0. The highest BCUT2D eigenvalue weighted by Crippen LogP contribution is 2.36. The Hall–Kier alpha value is -0.0400. The summed E-state index contributed by atoms with van der Waals surface area (Å²) in [5, 5.41) is 9.30. The van der Waals surface area contributed by atoms with Gasteiger partial charge in [-0.05, 0) is 31.1 Å². The van der Waals surface area contributed by atoms with E-state index in [1.807, 2.05) is 6.92 Å². The van der Waals surface area contributed by atoms with Gasteiger partial charge in [-0.25, -0.2) is 0 Å². The molecule has 54 valence electrons. The van der Waals surface area contributed by atoms with Gasteiger partial charge in [0.05, 0.1) is 6.10 Å². The Bertz CT molecular complexity index is 84.6. The van der Waals surface area contributed by atoms with Crippen LogP contribution in [0.15, 0.2) is 0 Å². The Labute approximate surface area is 57.1 Å². The van der Waals surface area contributed by atoms with Gasteiger partial charge in [0.15, 0.2) is 0 Å². The van der Waals surface area contributed by atoms with E-state index in [-0.39, 0.29) is 6.10 Å². The lowest BCUT2D eigenvalue weighted by Gasteiger charge is -2.35. The molecular weight excluding hydrogens is 112 g/mol. The molecule has 0 aromatic carbocycles. The summed E-state index contributed by atoms with van der Waals surface area (Å²) in [6.45, 7) is 4.30. The highest BCUT2D eigenvalue weighted by atomic mass is 16.3. The average molecular weight is 128 g/mol. The Morgan fingerprint density at radius 3 is 2.44 bits per heavy atom. The molecule has 1 rings (SSSR count). The highest BCUT2D eigenvalue weighted by molar-refractivity contribution is 4.80. The van der Waals surface area contributed by atoms with Gasteiger partial charge in [-0.3, -0.25) is 0 Å². The third-order valence-electron chi connectivity index (χ3n) is 2.37. The van der Waals surface area contributed by atoms with E-state index in [0.717, 1.165) is 12.3 Å². The second-order valence-corrected chi connectivity index (χ2v) is 3.31. The van der Waals surface area contributed by atoms with E-state index >= 15 is 0 Å². The topological polar surface area (TPSA) is 20.2 Å². The molecule has 0 bridgehead atoms. The second-order valence-electron chi connectivity index (χ2n) is 3.31. The molecule has 1 N–H and O–H groups in total. The molecule has 0 aliphatic heterocycles. The van der Waals surface area contributed by atoms with E-state index in [1.54, 1.807) is 0 Å². The Morgan fingerprint density at radius 2 is 2.11 bits per heavy atom. The summed E-state index contributed by atoms with van der Waals surface area (Å²) in [6, 6.07) is 0. The Balaban J connectivity index is 2.15. The van der Waals surface area contributed by atoms with Crippen molar-refractivity contribution in [3.8, 4) is 0 Å². The number of aliphatic hydroxyl groups excluding tert-OH is 1. The zero-order valence-corrected chi connectivity index (χ0v) is 6.30. The molecular formula is C8H16O. The number of hydrogen-bond donors (Lipinski definition) is 1. The van der Waals surface area contributed by atoms with Gasteiger partial charge in [-0.1, -0.05) is 13.8 Å². The SMILES string of the molecule is CC[C@@H](O)C1CC(C)C1. The van der Waals surface area contributed by atoms with Crippen LogP contribution >= 0.6 is 0 Å². The summed E-state index contributed by atoms with van der Waals surface area (Å²) in [6.07, 6.45) is 3.41. The molecule has 0 saturated heterocycles. The van der Waals surface area contributed by atoms with Crippen molar-refractivity contribution < 1.29 is 5.11 Å². The first kappa shape index (κ1) is 7.07. The second kappa shape index (κ2) is 2.70. The van der Waals surface area contributed by atoms with E-state index in [0.29, 0.717) is 5.92 Å². The first-order valence-electron chi connectivity index (χ1n) is 3.92. The molecule has 0 aromatic heterocycles. The van der Waals surface area contributed by atoms with Gasteiger partial charge in [0.2, 0.25) is 0 Å². The van der Waals surface area contributed by atoms with Crippen molar-refractivity contribution in [2.24, 2.45) is 11.8 Å². The van der Waals surface area contributed by atoms with Crippen LogP contribution in [0.5, 0.6) is 0 Å². The summed E-state index contributed by atoms with van der Waals surface area (Å²) in [5.41, 5.74) is 0. The smallest absolute Gasteiger partial charge is 0.0566 e. The molecule has 0 amide bonds. The van der Waals surface area contributed by atoms with Crippen LogP contribution in [0.25, 0.3) is 0 Å². The van der Waals surface area contributed by atoms with Crippen LogP contribution in [-0.2, 0) is 0 Å². The van der Waals surface area contributed by atoms with Crippen molar-refractivity contribution >= 4 is 0 Å². The zero-order valence-electron chi connectivity index (χ0n) is 6.30. The first-order valence-corrected chi connectivity index (χ1v) is 3.92. The maximum absolute atomic E-state index is 9.30. The molecule has 0 heterocycles. The number of aliphatic hydroxyl groups is 1. The normalized spacial score (nSPS) is 37.7. The minimum absolute atomic E-state index is 0.0128. The third-order valence-corrected chi connectivity index (χ3v) is 2.37. The van der Waals surface area contributed by atoms with Crippen LogP contribution in [0, 0.1) is 11.8 Å². The molecule has 1 fully saturated rings. The van der Waals surface area contributed by atoms with Crippen LogP contribution in [0.3, 0.4) is 0 Å². The fraction of sp³-hybridized carbons (Fsp3) is 1.00. The molecule has 1 atom stereocenters. The molecule has 0 radical (unpaired) electrons. The van der Waals surface area contributed by atoms with Crippen molar-refractivity contribution in [2.75, 3.05) is 0 Å². The van der Waals surface area contributed by atoms with Gasteiger partial charge >= 0.3 is 0 Å². The summed E-state index contributed by atoms with van der Waals surface area (Å²) in [4.78, 5) is 0. The minimum Gasteiger partial charge on any atom is -0.393 e. The number of hydrogen-bond acceptors (Lipinski definition) is 1. The van der Waals surface area contributed by atoms with Crippen LogP contribution < -0.4 is 0 Å². The molecule has 1 heteroatoms. The molecule has 1 aliphatic rings. The number of rotatable bonds is 2.